The molecule has 4 saturated heterocycles. The maximum absolute atomic E-state index is 12.5. The van der Waals surface area contributed by atoms with Crippen molar-refractivity contribution in [1.82, 2.24) is 0 Å². The van der Waals surface area contributed by atoms with E-state index < -0.39 is 134 Å². The van der Waals surface area contributed by atoms with Crippen LogP contribution in [0.15, 0.2) is 0 Å². The minimum absolute atomic E-state index is 0.0486. The van der Waals surface area contributed by atoms with E-state index in [1.807, 2.05) is 13.8 Å². The highest BCUT2D eigenvalue weighted by atomic mass is 16.8. The van der Waals surface area contributed by atoms with Crippen molar-refractivity contribution in [3.8, 4) is 0 Å². The molecule has 5 aliphatic carbocycles. The van der Waals surface area contributed by atoms with Crippen LogP contribution in [0, 0.1) is 44.8 Å². The van der Waals surface area contributed by atoms with E-state index >= 15 is 0 Å². The molecule has 18 heteroatoms. The summed E-state index contributed by atoms with van der Waals surface area (Å²) < 4.78 is 43.4. The second kappa shape index (κ2) is 16.4. The van der Waals surface area contributed by atoms with Gasteiger partial charge in [0.05, 0.1) is 54.9 Å². The van der Waals surface area contributed by atoms with Gasteiger partial charge in [0.1, 0.15) is 61.0 Å². The Kier molecular flexibility index (Phi) is 12.4. The van der Waals surface area contributed by atoms with Gasteiger partial charge in [-0.1, -0.05) is 27.7 Å². The Morgan fingerprint density at radius 1 is 0.631 bits per heavy atom. The molecule has 9 aliphatic rings. The van der Waals surface area contributed by atoms with Crippen LogP contribution >= 0.6 is 0 Å². The SMILES string of the molecule is CC1OC(OC2C(OC3CCC45CC46CCC4(C)C(C7(C)CCC(C(C)(C)OC8OC(CO)C(O)C(O)C8O)O7)C(O)CC4(C)C6CC(O)C5C3(C)C)OCC(O)C2O)C(O)C(O)C1O. The van der Waals surface area contributed by atoms with Gasteiger partial charge in [0, 0.05) is 5.92 Å². The zero-order chi connectivity index (χ0) is 47.4. The maximum Gasteiger partial charge on any atom is 0.187 e. The topological polar surface area (TPSA) is 287 Å². The van der Waals surface area contributed by atoms with E-state index in [0.717, 1.165) is 25.7 Å². The summed E-state index contributed by atoms with van der Waals surface area (Å²) in [7, 11) is 0. The van der Waals surface area contributed by atoms with E-state index in [9.17, 15) is 56.2 Å². The molecule has 5 saturated carbocycles. The van der Waals surface area contributed by atoms with Crippen LogP contribution in [0.2, 0.25) is 0 Å². The minimum Gasteiger partial charge on any atom is -0.394 e. The van der Waals surface area contributed by atoms with Gasteiger partial charge in [-0.2, -0.15) is 0 Å². The molecule has 0 aromatic rings. The van der Waals surface area contributed by atoms with Crippen LogP contribution in [0.5, 0.6) is 0 Å². The Morgan fingerprint density at radius 2 is 1.31 bits per heavy atom. The first-order valence-electron chi connectivity index (χ1n) is 24.2. The van der Waals surface area contributed by atoms with Gasteiger partial charge in [-0.25, -0.2) is 0 Å². The van der Waals surface area contributed by atoms with Gasteiger partial charge in [0.2, 0.25) is 0 Å². The van der Waals surface area contributed by atoms with Crippen molar-refractivity contribution in [2.75, 3.05) is 13.2 Å². The molecule has 0 bridgehead atoms. The summed E-state index contributed by atoms with van der Waals surface area (Å²) in [6.07, 6.45) is -14.9. The number of hydrogen-bond acceptors (Lipinski definition) is 18. The number of fused-ring (bicyclic) bond motifs is 2. The molecular formula is C47H78O18. The van der Waals surface area contributed by atoms with Crippen LogP contribution < -0.4 is 0 Å². The summed E-state index contributed by atoms with van der Waals surface area (Å²) in [5.74, 6) is -0.234. The molecular weight excluding hydrogens is 852 g/mol. The quantitative estimate of drug-likeness (QED) is 0.131. The number of aliphatic hydroxyl groups excluding tert-OH is 11. The first-order valence-corrected chi connectivity index (χ1v) is 24.2. The molecule has 4 heterocycles. The lowest BCUT2D eigenvalue weighted by Gasteiger charge is -2.64. The monoisotopic (exact) mass is 931 g/mol. The molecule has 4 aliphatic heterocycles. The van der Waals surface area contributed by atoms with E-state index in [4.69, 9.17) is 33.2 Å². The van der Waals surface area contributed by atoms with Crippen molar-refractivity contribution in [2.24, 2.45) is 44.8 Å². The Morgan fingerprint density at radius 3 is 2.00 bits per heavy atom. The number of aliphatic hydroxyl groups is 11. The molecule has 11 N–H and O–H groups in total. The summed E-state index contributed by atoms with van der Waals surface area (Å²) >= 11 is 0. The smallest absolute Gasteiger partial charge is 0.187 e. The first-order chi connectivity index (χ1) is 30.2. The second-order valence-electron chi connectivity index (χ2n) is 23.8. The van der Waals surface area contributed by atoms with Gasteiger partial charge in [-0.05, 0) is 124 Å². The lowest BCUT2D eigenvalue weighted by Crippen LogP contribution is -2.64. The highest BCUT2D eigenvalue weighted by Gasteiger charge is 2.85. The molecule has 26 atom stereocenters. The van der Waals surface area contributed by atoms with Crippen LogP contribution in [-0.2, 0) is 33.2 Å². The summed E-state index contributed by atoms with van der Waals surface area (Å²) in [4.78, 5) is 0. The van der Waals surface area contributed by atoms with Crippen molar-refractivity contribution in [1.29, 1.82) is 0 Å². The third kappa shape index (κ3) is 7.15. The van der Waals surface area contributed by atoms with Crippen molar-refractivity contribution in [2.45, 2.75) is 235 Å². The lowest BCUT2D eigenvalue weighted by atomic mass is 9.41. The maximum atomic E-state index is 12.5. The molecule has 9 fully saturated rings. The first kappa shape index (κ1) is 49.3. The molecule has 0 aromatic carbocycles. The summed E-state index contributed by atoms with van der Waals surface area (Å²) in [5.41, 5.74) is -3.24. The molecule has 374 valence electrons. The molecule has 0 aromatic heterocycles. The van der Waals surface area contributed by atoms with Gasteiger partial charge in [-0.15, -0.1) is 0 Å². The van der Waals surface area contributed by atoms with E-state index in [1.165, 1.54) is 6.92 Å². The number of ether oxygens (including phenoxy) is 7. The average Bonchev–Trinajstić information content (AvgIpc) is 3.60. The van der Waals surface area contributed by atoms with Crippen molar-refractivity contribution in [3.05, 3.63) is 0 Å². The lowest BCUT2D eigenvalue weighted by molar-refractivity contribution is -0.364. The fraction of sp³-hybridized carbons (Fsp3) is 1.00. The Labute approximate surface area is 381 Å². The fourth-order valence-electron chi connectivity index (χ4n) is 16.4. The van der Waals surface area contributed by atoms with E-state index in [-0.39, 0.29) is 46.0 Å². The van der Waals surface area contributed by atoms with Crippen LogP contribution in [0.3, 0.4) is 0 Å². The fourth-order valence-corrected chi connectivity index (χ4v) is 16.4. The predicted molar refractivity (Wildman–Crippen MR) is 225 cm³/mol. The van der Waals surface area contributed by atoms with E-state index in [0.29, 0.717) is 32.1 Å². The van der Waals surface area contributed by atoms with Crippen molar-refractivity contribution in [3.63, 3.8) is 0 Å². The van der Waals surface area contributed by atoms with Gasteiger partial charge >= 0.3 is 0 Å². The largest absolute Gasteiger partial charge is 0.394 e. The Hall–Kier alpha value is -0.720. The van der Waals surface area contributed by atoms with Gasteiger partial charge < -0.3 is 89.3 Å². The van der Waals surface area contributed by atoms with Gasteiger partial charge in [-0.3, -0.25) is 0 Å². The number of hydrogen-bond donors (Lipinski definition) is 11. The van der Waals surface area contributed by atoms with Crippen LogP contribution in [0.4, 0.5) is 0 Å². The standard InChI is InChI=1S/C47H78O18/c1-20-28(52)31(55)33(57)38(60-20)63-35-29(53)23(51)18-59-40(35)62-26-10-12-47-19-46(47)14-13-43(6)37(22(50)16-44(43,7)25(46)15-21(49)36(47)41(26,2)3)45(8)11-9-27(64-45)42(4,5)65-39-34(58)32(56)30(54)24(17-48)61-39/h20-40,48-58H,9-19H2,1-8H3. The summed E-state index contributed by atoms with van der Waals surface area (Å²) in [6, 6.07) is 0. The molecule has 0 amide bonds. The predicted octanol–water partition coefficient (Wildman–Crippen LogP) is -0.424. The second-order valence-corrected chi connectivity index (χ2v) is 23.8. The van der Waals surface area contributed by atoms with Crippen LogP contribution in [0.1, 0.15) is 113 Å². The average molecular weight is 931 g/mol. The van der Waals surface area contributed by atoms with Crippen LogP contribution in [-0.4, -0.2) is 191 Å². The van der Waals surface area contributed by atoms with Gasteiger partial charge in [0.25, 0.3) is 0 Å². The minimum atomic E-state index is -1.64. The molecule has 65 heavy (non-hydrogen) atoms. The molecule has 26 unspecified atom stereocenters. The van der Waals surface area contributed by atoms with E-state index in [2.05, 4.69) is 34.6 Å². The molecule has 2 spiro atoms. The third-order valence-electron chi connectivity index (χ3n) is 19.8. The van der Waals surface area contributed by atoms with Crippen LogP contribution in [0.25, 0.3) is 0 Å². The normalized spacial score (nSPS) is 58.7. The zero-order valence-corrected chi connectivity index (χ0v) is 39.2. The zero-order valence-electron chi connectivity index (χ0n) is 39.2. The highest BCUT2D eigenvalue weighted by molar-refractivity contribution is 5.33. The highest BCUT2D eigenvalue weighted by Crippen LogP contribution is 2.89. The number of rotatable bonds is 9. The molecule has 18 nitrogen and oxygen atoms in total. The van der Waals surface area contributed by atoms with Crippen molar-refractivity contribution < 1.29 is 89.3 Å². The summed E-state index contributed by atoms with van der Waals surface area (Å²) in [5, 5.41) is 119. The Balaban J connectivity index is 0.908. The summed E-state index contributed by atoms with van der Waals surface area (Å²) in [6.45, 7) is 15.4. The van der Waals surface area contributed by atoms with Crippen molar-refractivity contribution >= 4 is 0 Å². The van der Waals surface area contributed by atoms with Gasteiger partial charge in [0.15, 0.2) is 18.9 Å². The van der Waals surface area contributed by atoms with E-state index in [1.54, 1.807) is 0 Å². The molecule has 9 rings (SSSR count). The Bertz CT molecular complexity index is 1750. The molecule has 0 radical (unpaired) electrons. The third-order valence-corrected chi connectivity index (χ3v) is 19.8.